The minimum absolute atomic E-state index is 0.0283. The van der Waals surface area contributed by atoms with Crippen LogP contribution in [0.2, 0.25) is 0 Å². The maximum absolute atomic E-state index is 14.7. The van der Waals surface area contributed by atoms with Crippen molar-refractivity contribution in [1.29, 1.82) is 0 Å². The van der Waals surface area contributed by atoms with E-state index in [0.29, 0.717) is 24.3 Å². The Hall–Kier alpha value is -3.21. The van der Waals surface area contributed by atoms with Crippen LogP contribution in [0.15, 0.2) is 67.3 Å². The summed E-state index contributed by atoms with van der Waals surface area (Å²) in [6, 6.07) is 13.2. The van der Waals surface area contributed by atoms with E-state index < -0.39 is 17.5 Å². The van der Waals surface area contributed by atoms with Gasteiger partial charge in [0.05, 0.1) is 6.61 Å². The Kier molecular flexibility index (Phi) is 6.04. The molecule has 0 aromatic heterocycles. The van der Waals surface area contributed by atoms with E-state index in [2.05, 4.69) is 6.58 Å². The normalized spacial score (nSPS) is 11.9. The third-order valence-corrected chi connectivity index (χ3v) is 4.14. The monoisotopic (exact) mass is 384 g/mol. The van der Waals surface area contributed by atoms with Gasteiger partial charge in [-0.15, -0.1) is 0 Å². The van der Waals surface area contributed by atoms with Crippen molar-refractivity contribution in [1.82, 2.24) is 0 Å². The number of hydrogen-bond acceptors (Lipinski definition) is 2. The zero-order chi connectivity index (χ0) is 20.1. The maximum atomic E-state index is 14.7. The molecule has 3 aromatic carbocycles. The summed E-state index contributed by atoms with van der Waals surface area (Å²) in [4.78, 5) is 0. The molecule has 28 heavy (non-hydrogen) atoms. The van der Waals surface area contributed by atoms with Gasteiger partial charge in [0.25, 0.3) is 0 Å². The van der Waals surface area contributed by atoms with Crippen LogP contribution in [0.1, 0.15) is 18.1 Å². The summed E-state index contributed by atoms with van der Waals surface area (Å²) >= 11 is 0. The third kappa shape index (κ3) is 4.03. The van der Waals surface area contributed by atoms with E-state index in [1.165, 1.54) is 36.4 Å². The highest BCUT2D eigenvalue weighted by atomic mass is 19.2. The Morgan fingerprint density at radius 2 is 1.61 bits per heavy atom. The number of benzene rings is 3. The first-order valence-electron chi connectivity index (χ1n) is 8.80. The average Bonchev–Trinajstić information content (AvgIpc) is 2.73. The molecule has 0 aliphatic carbocycles. The molecular weight excluding hydrogens is 365 g/mol. The lowest BCUT2D eigenvalue weighted by Crippen LogP contribution is -1.95. The quantitative estimate of drug-likeness (QED) is 0.333. The smallest absolute Gasteiger partial charge is 0.172 e. The van der Waals surface area contributed by atoms with Crippen molar-refractivity contribution in [2.75, 3.05) is 13.2 Å². The fourth-order valence-electron chi connectivity index (χ4n) is 2.78. The molecule has 3 aromatic rings. The minimum atomic E-state index is -1.02. The number of hydrogen-bond donors (Lipinski definition) is 0. The standard InChI is InChI=1S/C23H19F3O2/c1-3-13-28-18-9-5-15(6-10-18)21(24)22(25)17-7-11-19-16(14-17)8-12-20(23(19)26)27-4-2/h3,5-12,14H,1,4,13H2,2H3. The van der Waals surface area contributed by atoms with E-state index in [0.717, 1.165) is 0 Å². The second-order valence-corrected chi connectivity index (χ2v) is 6.00. The topological polar surface area (TPSA) is 18.5 Å². The molecule has 0 atom stereocenters. The van der Waals surface area contributed by atoms with Crippen LogP contribution < -0.4 is 9.47 Å². The maximum Gasteiger partial charge on any atom is 0.172 e. The van der Waals surface area contributed by atoms with Crippen LogP contribution in [0.3, 0.4) is 0 Å². The minimum Gasteiger partial charge on any atom is -0.491 e. The fourth-order valence-corrected chi connectivity index (χ4v) is 2.78. The summed E-state index contributed by atoms with van der Waals surface area (Å²) < 4.78 is 54.2. The molecule has 0 saturated heterocycles. The van der Waals surface area contributed by atoms with E-state index in [1.807, 2.05) is 0 Å². The molecule has 0 unspecified atom stereocenters. The van der Waals surface area contributed by atoms with E-state index in [9.17, 15) is 13.2 Å². The molecule has 0 aliphatic heterocycles. The highest BCUT2D eigenvalue weighted by Crippen LogP contribution is 2.33. The van der Waals surface area contributed by atoms with Crippen molar-refractivity contribution >= 4 is 22.4 Å². The number of halogens is 3. The summed E-state index contributed by atoms with van der Waals surface area (Å²) in [5.41, 5.74) is 0.113. The van der Waals surface area contributed by atoms with E-state index in [-0.39, 0.29) is 22.3 Å². The molecule has 0 fully saturated rings. The van der Waals surface area contributed by atoms with Crippen LogP contribution in [0.25, 0.3) is 22.4 Å². The second kappa shape index (κ2) is 8.65. The first kappa shape index (κ1) is 19.5. The van der Waals surface area contributed by atoms with Crippen molar-refractivity contribution < 1.29 is 22.6 Å². The van der Waals surface area contributed by atoms with Gasteiger partial charge in [-0.25, -0.2) is 13.2 Å². The van der Waals surface area contributed by atoms with Crippen molar-refractivity contribution in [3.63, 3.8) is 0 Å². The lowest BCUT2D eigenvalue weighted by Gasteiger charge is -2.09. The molecular formula is C23H19F3O2. The third-order valence-electron chi connectivity index (χ3n) is 4.14. The fraction of sp³-hybridized carbons (Fsp3) is 0.130. The largest absolute Gasteiger partial charge is 0.491 e. The van der Waals surface area contributed by atoms with E-state index in [4.69, 9.17) is 9.47 Å². The number of fused-ring (bicyclic) bond motifs is 1. The van der Waals surface area contributed by atoms with Crippen LogP contribution in [-0.4, -0.2) is 13.2 Å². The van der Waals surface area contributed by atoms with Gasteiger partial charge in [-0.2, -0.15) is 0 Å². The lowest BCUT2D eigenvalue weighted by molar-refractivity contribution is 0.323. The Balaban J connectivity index is 1.93. The molecule has 3 rings (SSSR count). The highest BCUT2D eigenvalue weighted by Gasteiger charge is 2.14. The number of ether oxygens (including phenoxy) is 2. The molecule has 5 heteroatoms. The Bertz CT molecular complexity index is 1020. The summed E-state index contributed by atoms with van der Waals surface area (Å²) in [5, 5.41) is 0.737. The number of rotatable bonds is 7. The van der Waals surface area contributed by atoms with Gasteiger partial charge < -0.3 is 9.47 Å². The van der Waals surface area contributed by atoms with E-state index >= 15 is 0 Å². The predicted molar refractivity (Wildman–Crippen MR) is 106 cm³/mol. The summed E-state index contributed by atoms with van der Waals surface area (Å²) in [5.74, 6) is -1.88. The van der Waals surface area contributed by atoms with Crippen molar-refractivity contribution in [2.45, 2.75) is 6.92 Å². The summed E-state index contributed by atoms with van der Waals surface area (Å²) in [6.45, 7) is 5.96. The van der Waals surface area contributed by atoms with Crippen molar-refractivity contribution in [3.8, 4) is 11.5 Å². The Morgan fingerprint density at radius 1 is 0.929 bits per heavy atom. The first-order valence-corrected chi connectivity index (χ1v) is 8.80. The van der Waals surface area contributed by atoms with Gasteiger partial charge in [0.15, 0.2) is 23.2 Å². The van der Waals surface area contributed by atoms with Gasteiger partial charge >= 0.3 is 0 Å². The summed E-state index contributed by atoms with van der Waals surface area (Å²) in [6.07, 6.45) is 1.59. The van der Waals surface area contributed by atoms with Crippen LogP contribution in [0, 0.1) is 5.82 Å². The van der Waals surface area contributed by atoms with Crippen LogP contribution in [0.4, 0.5) is 13.2 Å². The van der Waals surface area contributed by atoms with Crippen molar-refractivity contribution in [2.24, 2.45) is 0 Å². The zero-order valence-corrected chi connectivity index (χ0v) is 15.3. The highest BCUT2D eigenvalue weighted by molar-refractivity contribution is 5.91. The molecule has 0 aliphatic rings. The molecule has 0 N–H and O–H groups in total. The van der Waals surface area contributed by atoms with Crippen molar-refractivity contribution in [3.05, 3.63) is 84.2 Å². The molecule has 144 valence electrons. The lowest BCUT2D eigenvalue weighted by atomic mass is 10.0. The van der Waals surface area contributed by atoms with Crippen LogP contribution in [0.5, 0.6) is 11.5 Å². The molecule has 2 nitrogen and oxygen atoms in total. The molecule has 0 saturated carbocycles. The van der Waals surface area contributed by atoms with Crippen LogP contribution >= 0.6 is 0 Å². The van der Waals surface area contributed by atoms with Gasteiger partial charge in [0.1, 0.15) is 12.4 Å². The molecule has 0 radical (unpaired) electrons. The first-order chi connectivity index (χ1) is 13.5. The molecule has 0 heterocycles. The van der Waals surface area contributed by atoms with Gasteiger partial charge in [0, 0.05) is 16.5 Å². The zero-order valence-electron chi connectivity index (χ0n) is 15.3. The molecule has 0 bridgehead atoms. The van der Waals surface area contributed by atoms with Gasteiger partial charge in [-0.3, -0.25) is 0 Å². The van der Waals surface area contributed by atoms with Gasteiger partial charge in [-0.05, 0) is 48.7 Å². The Morgan fingerprint density at radius 3 is 2.29 bits per heavy atom. The Labute approximate surface area is 161 Å². The van der Waals surface area contributed by atoms with Gasteiger partial charge in [0.2, 0.25) is 0 Å². The summed E-state index contributed by atoms with van der Waals surface area (Å²) in [7, 11) is 0. The molecule has 0 amide bonds. The van der Waals surface area contributed by atoms with E-state index in [1.54, 1.807) is 31.2 Å². The van der Waals surface area contributed by atoms with Crippen LogP contribution in [-0.2, 0) is 0 Å². The molecule has 0 spiro atoms. The second-order valence-electron chi connectivity index (χ2n) is 6.00. The van der Waals surface area contributed by atoms with Gasteiger partial charge in [-0.1, -0.05) is 30.9 Å². The predicted octanol–water partition coefficient (Wildman–Crippen LogP) is 6.71. The SMILES string of the molecule is C=CCOc1ccc(C(F)=C(F)c2ccc3c(F)c(OCC)ccc3c2)cc1. The average molecular weight is 384 g/mol.